The smallest absolute Gasteiger partial charge is 0.411 e. The van der Waals surface area contributed by atoms with Crippen molar-refractivity contribution in [2.75, 3.05) is 19.0 Å². The molecule has 0 saturated carbocycles. The van der Waals surface area contributed by atoms with Crippen molar-refractivity contribution in [1.29, 1.82) is 5.41 Å². The van der Waals surface area contributed by atoms with E-state index in [1.807, 2.05) is 0 Å². The van der Waals surface area contributed by atoms with Gasteiger partial charge >= 0.3 is 6.09 Å². The molecule has 0 heterocycles. The summed E-state index contributed by atoms with van der Waals surface area (Å²) in [6.07, 6.45) is -0.554. The molecule has 0 aliphatic carbocycles. The summed E-state index contributed by atoms with van der Waals surface area (Å²) in [4.78, 5) is 11.2. The molecule has 0 aliphatic heterocycles. The first-order chi connectivity index (χ1) is 8.08. The molecule has 0 atom stereocenters. The lowest BCUT2D eigenvalue weighted by molar-refractivity contribution is 0.168. The molecule has 0 fully saturated rings. The Morgan fingerprint density at radius 3 is 2.76 bits per heavy atom. The number of ether oxygens (including phenoxy) is 2. The van der Waals surface area contributed by atoms with E-state index >= 15 is 0 Å². The number of amidine groups is 1. The van der Waals surface area contributed by atoms with Gasteiger partial charge in [0.1, 0.15) is 11.6 Å². The van der Waals surface area contributed by atoms with Gasteiger partial charge in [0, 0.05) is 5.56 Å². The molecule has 0 saturated heterocycles. The highest BCUT2D eigenvalue weighted by Gasteiger charge is 2.09. The molecule has 0 aliphatic rings. The quantitative estimate of drug-likeness (QED) is 0.546. The third-order valence-corrected chi connectivity index (χ3v) is 2.02. The Morgan fingerprint density at radius 2 is 2.24 bits per heavy atom. The van der Waals surface area contributed by atoms with Gasteiger partial charge in [-0.3, -0.25) is 10.7 Å². The molecular formula is C11H15N3O3. The number of carbonyl (C=O) groups is 1. The standard InChI is InChI=1S/C11H15N3O3/c1-3-17-11(15)14-8-5-4-7(10(12)13)6-9(8)16-2/h4-6H,3H2,1-2H3,(H3,12,13)(H,14,15). The zero-order valence-electron chi connectivity index (χ0n) is 9.74. The topological polar surface area (TPSA) is 97.4 Å². The zero-order chi connectivity index (χ0) is 12.8. The maximum Gasteiger partial charge on any atom is 0.411 e. The summed E-state index contributed by atoms with van der Waals surface area (Å²) >= 11 is 0. The number of hydrogen-bond donors (Lipinski definition) is 3. The van der Waals surface area contributed by atoms with Crippen LogP contribution in [0.15, 0.2) is 18.2 Å². The predicted octanol–water partition coefficient (Wildman–Crippen LogP) is 1.55. The number of methoxy groups -OCH3 is 1. The molecule has 0 unspecified atom stereocenters. The van der Waals surface area contributed by atoms with Crippen molar-refractivity contribution in [3.63, 3.8) is 0 Å². The number of rotatable bonds is 4. The van der Waals surface area contributed by atoms with Crippen LogP contribution < -0.4 is 15.8 Å². The van der Waals surface area contributed by atoms with Crippen LogP contribution in [0.4, 0.5) is 10.5 Å². The van der Waals surface area contributed by atoms with E-state index in [1.54, 1.807) is 25.1 Å². The largest absolute Gasteiger partial charge is 0.495 e. The minimum absolute atomic E-state index is 0.0639. The fourth-order valence-electron chi connectivity index (χ4n) is 1.24. The average molecular weight is 237 g/mol. The molecule has 6 heteroatoms. The highest BCUT2D eigenvalue weighted by atomic mass is 16.5. The zero-order valence-corrected chi connectivity index (χ0v) is 9.74. The van der Waals surface area contributed by atoms with Crippen molar-refractivity contribution in [2.45, 2.75) is 6.92 Å². The Hall–Kier alpha value is -2.24. The van der Waals surface area contributed by atoms with Crippen LogP contribution in [0.5, 0.6) is 5.75 Å². The van der Waals surface area contributed by atoms with Crippen LogP contribution in [0.2, 0.25) is 0 Å². The summed E-state index contributed by atoms with van der Waals surface area (Å²) in [7, 11) is 1.47. The van der Waals surface area contributed by atoms with E-state index < -0.39 is 6.09 Å². The van der Waals surface area contributed by atoms with Crippen LogP contribution in [-0.2, 0) is 4.74 Å². The lowest BCUT2D eigenvalue weighted by atomic mass is 10.1. The third kappa shape index (κ3) is 3.37. The van der Waals surface area contributed by atoms with E-state index in [-0.39, 0.29) is 5.84 Å². The normalized spacial score (nSPS) is 9.53. The van der Waals surface area contributed by atoms with E-state index in [2.05, 4.69) is 5.32 Å². The summed E-state index contributed by atoms with van der Waals surface area (Å²) in [5.74, 6) is 0.358. The molecule has 0 aromatic heterocycles. The van der Waals surface area contributed by atoms with Crippen molar-refractivity contribution in [3.05, 3.63) is 23.8 Å². The summed E-state index contributed by atoms with van der Waals surface area (Å²) in [5, 5.41) is 9.83. The van der Waals surface area contributed by atoms with Gasteiger partial charge in [-0.05, 0) is 25.1 Å². The Kier molecular flexibility index (Phi) is 4.33. The van der Waals surface area contributed by atoms with Gasteiger partial charge in [-0.15, -0.1) is 0 Å². The minimum atomic E-state index is -0.554. The van der Waals surface area contributed by atoms with Crippen LogP contribution >= 0.6 is 0 Å². The van der Waals surface area contributed by atoms with E-state index in [9.17, 15) is 4.79 Å². The summed E-state index contributed by atoms with van der Waals surface area (Å²) in [6, 6.07) is 4.79. The van der Waals surface area contributed by atoms with Crippen LogP contribution in [0.25, 0.3) is 0 Å². The molecule has 1 rings (SSSR count). The Bertz CT molecular complexity index is 432. The Morgan fingerprint density at radius 1 is 1.53 bits per heavy atom. The first-order valence-corrected chi connectivity index (χ1v) is 5.04. The lowest BCUT2D eigenvalue weighted by Gasteiger charge is -2.11. The first-order valence-electron chi connectivity index (χ1n) is 5.04. The number of carbonyl (C=O) groups excluding carboxylic acids is 1. The molecule has 0 spiro atoms. The molecule has 17 heavy (non-hydrogen) atoms. The van der Waals surface area contributed by atoms with E-state index in [0.717, 1.165) is 0 Å². The second-order valence-corrected chi connectivity index (χ2v) is 3.17. The summed E-state index contributed by atoms with van der Waals surface area (Å²) in [6.45, 7) is 2.01. The number of nitrogens with one attached hydrogen (secondary N) is 2. The minimum Gasteiger partial charge on any atom is -0.495 e. The molecule has 0 bridgehead atoms. The molecule has 4 N–H and O–H groups in total. The second kappa shape index (κ2) is 5.74. The highest BCUT2D eigenvalue weighted by Crippen LogP contribution is 2.25. The van der Waals surface area contributed by atoms with Crippen molar-refractivity contribution in [2.24, 2.45) is 5.73 Å². The van der Waals surface area contributed by atoms with Gasteiger partial charge in [-0.25, -0.2) is 4.79 Å². The summed E-state index contributed by atoms with van der Waals surface area (Å²) < 4.78 is 9.84. The maximum absolute atomic E-state index is 11.2. The van der Waals surface area contributed by atoms with Gasteiger partial charge in [-0.2, -0.15) is 0 Å². The van der Waals surface area contributed by atoms with Crippen LogP contribution in [0.3, 0.4) is 0 Å². The molecule has 92 valence electrons. The van der Waals surface area contributed by atoms with Gasteiger partial charge < -0.3 is 15.2 Å². The number of nitrogen functional groups attached to an aromatic ring is 1. The molecular weight excluding hydrogens is 222 g/mol. The van der Waals surface area contributed by atoms with Gasteiger partial charge in [-0.1, -0.05) is 0 Å². The van der Waals surface area contributed by atoms with Crippen molar-refractivity contribution in [3.8, 4) is 5.75 Å². The Balaban J connectivity index is 2.92. The fraction of sp³-hybridized carbons (Fsp3) is 0.273. The van der Waals surface area contributed by atoms with E-state index in [0.29, 0.717) is 23.6 Å². The van der Waals surface area contributed by atoms with E-state index in [4.69, 9.17) is 20.6 Å². The number of nitrogens with two attached hydrogens (primary N) is 1. The first kappa shape index (κ1) is 12.8. The average Bonchev–Trinajstić information content (AvgIpc) is 2.29. The van der Waals surface area contributed by atoms with E-state index in [1.165, 1.54) is 7.11 Å². The van der Waals surface area contributed by atoms with Crippen LogP contribution in [-0.4, -0.2) is 25.6 Å². The van der Waals surface area contributed by atoms with Crippen LogP contribution in [0.1, 0.15) is 12.5 Å². The van der Waals surface area contributed by atoms with Gasteiger partial charge in [0.15, 0.2) is 0 Å². The lowest BCUT2D eigenvalue weighted by Crippen LogP contribution is -2.15. The number of anilines is 1. The monoisotopic (exact) mass is 237 g/mol. The molecule has 6 nitrogen and oxygen atoms in total. The molecule has 1 aromatic rings. The molecule has 1 aromatic carbocycles. The van der Waals surface area contributed by atoms with Gasteiger partial charge in [0.25, 0.3) is 0 Å². The Labute approximate surface area is 99.2 Å². The number of hydrogen-bond acceptors (Lipinski definition) is 4. The predicted molar refractivity (Wildman–Crippen MR) is 64.7 cm³/mol. The highest BCUT2D eigenvalue weighted by molar-refractivity contribution is 5.96. The SMILES string of the molecule is CCOC(=O)Nc1ccc(C(=N)N)cc1OC. The third-order valence-electron chi connectivity index (χ3n) is 2.02. The number of benzene rings is 1. The van der Waals surface area contributed by atoms with Crippen molar-refractivity contribution >= 4 is 17.6 Å². The van der Waals surface area contributed by atoms with Gasteiger partial charge in [0.2, 0.25) is 0 Å². The van der Waals surface area contributed by atoms with Crippen molar-refractivity contribution < 1.29 is 14.3 Å². The van der Waals surface area contributed by atoms with Crippen molar-refractivity contribution in [1.82, 2.24) is 0 Å². The fourth-order valence-corrected chi connectivity index (χ4v) is 1.24. The van der Waals surface area contributed by atoms with Gasteiger partial charge in [0.05, 0.1) is 19.4 Å². The maximum atomic E-state index is 11.2. The molecule has 1 amide bonds. The summed E-state index contributed by atoms with van der Waals surface area (Å²) in [5.41, 5.74) is 6.34. The molecule has 0 radical (unpaired) electrons. The van der Waals surface area contributed by atoms with Crippen LogP contribution in [0, 0.1) is 5.41 Å². The second-order valence-electron chi connectivity index (χ2n) is 3.17. The number of amides is 1.